The predicted octanol–water partition coefficient (Wildman–Crippen LogP) is 13.6. The van der Waals surface area contributed by atoms with Crippen LogP contribution in [0.3, 0.4) is 0 Å². The fourth-order valence-corrected chi connectivity index (χ4v) is 7.62. The van der Waals surface area contributed by atoms with Crippen molar-refractivity contribution in [2.75, 3.05) is 11.5 Å². The number of nitrogen functional groups attached to an aromatic ring is 2. The molecule has 0 aromatic heterocycles. The normalized spacial score (nSPS) is 11.2. The van der Waals surface area contributed by atoms with Crippen molar-refractivity contribution in [1.82, 2.24) is 0 Å². The molecule has 0 saturated carbocycles. The van der Waals surface area contributed by atoms with E-state index in [0.717, 1.165) is 105 Å². The van der Waals surface area contributed by atoms with E-state index in [0.29, 0.717) is 5.69 Å². The van der Waals surface area contributed by atoms with Gasteiger partial charge in [0.05, 0.1) is 0 Å². The highest BCUT2D eigenvalue weighted by Gasteiger charge is 2.27. The van der Waals surface area contributed by atoms with E-state index in [-0.39, 0.29) is 0 Å². The minimum Gasteiger partial charge on any atom is -0.398 e. The highest BCUT2D eigenvalue weighted by molar-refractivity contribution is 6.32. The number of hydrogen-bond acceptors (Lipinski definition) is 2. The van der Waals surface area contributed by atoms with Crippen LogP contribution in [-0.4, -0.2) is 0 Å². The molecule has 0 bridgehead atoms. The lowest BCUT2D eigenvalue weighted by atomic mass is 9.76. The van der Waals surface area contributed by atoms with Crippen molar-refractivity contribution in [3.05, 3.63) is 182 Å². The molecule has 0 spiro atoms. The zero-order valence-electron chi connectivity index (χ0n) is 29.0. The molecule has 0 aliphatic carbocycles. The molecule has 8 aromatic carbocycles. The minimum atomic E-state index is 0.696. The van der Waals surface area contributed by atoms with E-state index in [4.69, 9.17) is 11.5 Å². The van der Waals surface area contributed by atoms with E-state index in [2.05, 4.69) is 154 Å². The molecule has 0 aliphatic rings. The second-order valence-electron chi connectivity index (χ2n) is 13.1. The lowest BCUT2D eigenvalue weighted by Gasteiger charge is -2.26. The fraction of sp³-hybridized carbons (Fsp3) is 0. The average Bonchev–Trinajstić information content (AvgIpc) is 3.20. The van der Waals surface area contributed by atoms with Gasteiger partial charge in [0.1, 0.15) is 0 Å². The first kappa shape index (κ1) is 32.3. The van der Waals surface area contributed by atoms with Gasteiger partial charge in [0, 0.05) is 33.1 Å². The molecule has 0 heterocycles. The molecule has 0 fully saturated rings. The Labute approximate surface area is 305 Å². The smallest absolute Gasteiger partial charge is 0.0407 e. The molecule has 248 valence electrons. The largest absolute Gasteiger partial charge is 0.398 e. The fourth-order valence-electron chi connectivity index (χ4n) is 7.62. The number of nitrogens with two attached hydrogens (primary N) is 2. The molecule has 0 atom stereocenters. The van der Waals surface area contributed by atoms with Crippen LogP contribution in [0.5, 0.6) is 0 Å². The summed E-state index contributed by atoms with van der Waals surface area (Å²) in [5, 5.41) is 6.20. The van der Waals surface area contributed by atoms with Crippen LogP contribution >= 0.6 is 0 Å². The number of rotatable bonds is 8. The summed E-state index contributed by atoms with van der Waals surface area (Å²) in [6.45, 7) is 16.1. The maximum atomic E-state index is 7.37. The average molecular weight is 667 g/mol. The van der Waals surface area contributed by atoms with Gasteiger partial charge in [-0.1, -0.05) is 172 Å². The lowest BCUT2D eigenvalue weighted by molar-refractivity contribution is 1.55. The lowest BCUT2D eigenvalue weighted by Crippen LogP contribution is -2.01. The zero-order chi connectivity index (χ0) is 35.9. The van der Waals surface area contributed by atoms with E-state index in [9.17, 15) is 0 Å². The van der Waals surface area contributed by atoms with Crippen LogP contribution in [0.2, 0.25) is 0 Å². The first-order chi connectivity index (χ1) is 25.4. The van der Waals surface area contributed by atoms with Gasteiger partial charge >= 0.3 is 0 Å². The van der Waals surface area contributed by atoms with Crippen molar-refractivity contribution in [3.8, 4) is 44.5 Å². The minimum absolute atomic E-state index is 0.696. The Morgan fingerprint density at radius 2 is 0.673 bits per heavy atom. The van der Waals surface area contributed by atoms with Gasteiger partial charge < -0.3 is 11.5 Å². The predicted molar refractivity (Wildman–Crippen MR) is 230 cm³/mol. The molecule has 2 nitrogen and oxygen atoms in total. The molecule has 2 heteroatoms. The molecule has 52 heavy (non-hydrogen) atoms. The standard InChI is InChI=1S/C50H38N2/c1-5-31-13-21-35(22-14-31)45-46(36-23-15-32(6-2)16-24-36)48(38-27-19-34(8-4)20-28-38)50-44(52)29-41-39-11-9-10-12-40(39)43(51)30-42(41)49(50)47(45)37-25-17-33(7-3)18-26-37/h5-30H,1-4,51-52H2. The summed E-state index contributed by atoms with van der Waals surface area (Å²) in [6, 6.07) is 47.1. The van der Waals surface area contributed by atoms with Crippen molar-refractivity contribution in [3.63, 3.8) is 0 Å². The van der Waals surface area contributed by atoms with E-state index >= 15 is 0 Å². The Morgan fingerprint density at radius 3 is 1.08 bits per heavy atom. The second kappa shape index (κ2) is 13.1. The van der Waals surface area contributed by atoms with Gasteiger partial charge in [0.15, 0.2) is 0 Å². The van der Waals surface area contributed by atoms with Gasteiger partial charge in [-0.3, -0.25) is 0 Å². The molecule has 8 rings (SSSR count). The van der Waals surface area contributed by atoms with Crippen LogP contribution in [0.25, 0.3) is 101 Å². The van der Waals surface area contributed by atoms with Crippen molar-refractivity contribution < 1.29 is 0 Å². The number of fused-ring (bicyclic) bond motifs is 5. The molecule has 0 unspecified atom stereocenters. The van der Waals surface area contributed by atoms with Crippen molar-refractivity contribution in [2.24, 2.45) is 0 Å². The van der Waals surface area contributed by atoms with Gasteiger partial charge in [-0.15, -0.1) is 0 Å². The van der Waals surface area contributed by atoms with Crippen LogP contribution in [0, 0.1) is 0 Å². The number of hydrogen-bond donors (Lipinski definition) is 2. The molecule has 4 N–H and O–H groups in total. The molecular formula is C50H38N2. The van der Waals surface area contributed by atoms with Crippen LogP contribution in [0.15, 0.2) is 160 Å². The maximum absolute atomic E-state index is 7.37. The van der Waals surface area contributed by atoms with Gasteiger partial charge in [0.25, 0.3) is 0 Å². The Kier molecular flexibility index (Phi) is 8.14. The third kappa shape index (κ3) is 5.30. The Hall–Kier alpha value is -6.90. The Bertz CT molecular complexity index is 2710. The van der Waals surface area contributed by atoms with E-state index < -0.39 is 0 Å². The van der Waals surface area contributed by atoms with Crippen LogP contribution < -0.4 is 11.5 Å². The van der Waals surface area contributed by atoms with Crippen LogP contribution in [-0.2, 0) is 0 Å². The molecule has 0 radical (unpaired) electrons. The first-order valence-corrected chi connectivity index (χ1v) is 17.4. The van der Waals surface area contributed by atoms with Crippen LogP contribution in [0.4, 0.5) is 11.4 Å². The van der Waals surface area contributed by atoms with Crippen molar-refractivity contribution in [2.45, 2.75) is 0 Å². The molecular weight excluding hydrogens is 629 g/mol. The topological polar surface area (TPSA) is 52.0 Å². The monoisotopic (exact) mass is 666 g/mol. The van der Waals surface area contributed by atoms with E-state index in [1.54, 1.807) is 0 Å². The SMILES string of the molecule is C=Cc1ccc(-c2c(-c3ccc(C=C)cc3)c(-c3ccc(C=C)cc3)c3c(c(N)cc4c5ccccc5c(N)cc43)c2-c2ccc(C=C)cc2)cc1. The summed E-state index contributed by atoms with van der Waals surface area (Å²) in [5.74, 6) is 0. The van der Waals surface area contributed by atoms with E-state index in [1.165, 1.54) is 0 Å². The summed E-state index contributed by atoms with van der Waals surface area (Å²) in [6.07, 6.45) is 7.50. The van der Waals surface area contributed by atoms with Crippen molar-refractivity contribution in [1.29, 1.82) is 0 Å². The van der Waals surface area contributed by atoms with Gasteiger partial charge in [-0.05, 0) is 89.5 Å². The zero-order valence-corrected chi connectivity index (χ0v) is 29.0. The first-order valence-electron chi connectivity index (χ1n) is 17.4. The Balaban J connectivity index is 1.70. The summed E-state index contributed by atoms with van der Waals surface area (Å²) in [4.78, 5) is 0. The number of anilines is 2. The van der Waals surface area contributed by atoms with Gasteiger partial charge in [0.2, 0.25) is 0 Å². The summed E-state index contributed by atoms with van der Waals surface area (Å²) in [7, 11) is 0. The second-order valence-corrected chi connectivity index (χ2v) is 13.1. The highest BCUT2D eigenvalue weighted by atomic mass is 14.6. The van der Waals surface area contributed by atoms with Gasteiger partial charge in [-0.2, -0.15) is 0 Å². The summed E-state index contributed by atoms with van der Waals surface area (Å²) in [5.41, 5.74) is 28.5. The third-order valence-corrected chi connectivity index (χ3v) is 10.2. The number of benzene rings is 8. The third-order valence-electron chi connectivity index (χ3n) is 10.2. The van der Waals surface area contributed by atoms with Gasteiger partial charge in [-0.25, -0.2) is 0 Å². The van der Waals surface area contributed by atoms with Crippen molar-refractivity contribution >= 4 is 68.0 Å². The van der Waals surface area contributed by atoms with Crippen LogP contribution in [0.1, 0.15) is 22.3 Å². The molecule has 0 amide bonds. The maximum Gasteiger partial charge on any atom is 0.0407 e. The summed E-state index contributed by atoms with van der Waals surface area (Å²) < 4.78 is 0. The highest BCUT2D eigenvalue weighted by Crippen LogP contribution is 2.54. The molecule has 8 aromatic rings. The van der Waals surface area contributed by atoms with E-state index in [1.807, 2.05) is 30.4 Å². The Morgan fingerprint density at radius 1 is 0.327 bits per heavy atom. The summed E-state index contributed by atoms with van der Waals surface area (Å²) >= 11 is 0. The molecule has 0 aliphatic heterocycles. The molecule has 0 saturated heterocycles. The quantitative estimate of drug-likeness (QED) is 0.125.